The van der Waals surface area contributed by atoms with Gasteiger partial charge in [0.1, 0.15) is 0 Å². The zero-order chi connectivity index (χ0) is 15.1. The summed E-state index contributed by atoms with van der Waals surface area (Å²) >= 11 is 0. The van der Waals surface area contributed by atoms with Gasteiger partial charge < -0.3 is 9.88 Å². The second kappa shape index (κ2) is 7.59. The van der Waals surface area contributed by atoms with Gasteiger partial charge in [0.2, 0.25) is 0 Å². The van der Waals surface area contributed by atoms with Crippen molar-refractivity contribution in [1.29, 1.82) is 0 Å². The largest absolute Gasteiger partial charge is 0.331 e. The summed E-state index contributed by atoms with van der Waals surface area (Å²) < 4.78 is 2.87. The maximum absolute atomic E-state index is 12.1. The normalized spacial score (nSPS) is 10.7. The first kappa shape index (κ1) is 15.3. The van der Waals surface area contributed by atoms with Crippen LogP contribution in [0.2, 0.25) is 0 Å². The van der Waals surface area contributed by atoms with Crippen LogP contribution in [0.25, 0.3) is 0 Å². The van der Waals surface area contributed by atoms with Gasteiger partial charge in [0.15, 0.2) is 0 Å². The Morgan fingerprint density at radius 3 is 2.52 bits per heavy atom. The van der Waals surface area contributed by atoms with Crippen molar-refractivity contribution in [1.82, 2.24) is 14.5 Å². The summed E-state index contributed by atoms with van der Waals surface area (Å²) in [4.78, 5) is 23.9. The number of benzene rings is 1. The molecule has 0 aliphatic carbocycles. The Morgan fingerprint density at radius 2 is 1.81 bits per heavy atom. The predicted octanol–water partition coefficient (Wildman–Crippen LogP) is 1.21. The van der Waals surface area contributed by atoms with Crippen molar-refractivity contribution in [3.63, 3.8) is 0 Å². The van der Waals surface area contributed by atoms with Crippen molar-refractivity contribution in [2.45, 2.75) is 33.0 Å². The van der Waals surface area contributed by atoms with Gasteiger partial charge in [0.25, 0.3) is 5.56 Å². The number of hydrogen-bond acceptors (Lipinski definition) is 3. The molecule has 0 amide bonds. The summed E-state index contributed by atoms with van der Waals surface area (Å²) in [6.45, 7) is 4.33. The minimum atomic E-state index is -0.242. The first-order chi connectivity index (χ1) is 10.2. The summed E-state index contributed by atoms with van der Waals surface area (Å²) in [6, 6.07) is 11.5. The van der Waals surface area contributed by atoms with Crippen molar-refractivity contribution in [2.75, 3.05) is 6.54 Å². The fourth-order valence-corrected chi connectivity index (χ4v) is 2.19. The van der Waals surface area contributed by atoms with Crippen LogP contribution in [0, 0.1) is 0 Å². The average molecular weight is 287 g/mol. The molecule has 112 valence electrons. The number of hydrogen-bond donors (Lipinski definition) is 1. The van der Waals surface area contributed by atoms with Crippen LogP contribution in [0.1, 0.15) is 18.9 Å². The highest BCUT2D eigenvalue weighted by Gasteiger charge is 2.04. The standard InChI is InChI=1S/C16H21N3O2/c1-2-10-18-11-8-15(20)19(16(18)21)12-9-17-13-14-6-4-3-5-7-14/h3-8,11,17H,2,9-10,12-13H2,1H3. The van der Waals surface area contributed by atoms with Crippen molar-refractivity contribution < 1.29 is 0 Å². The highest BCUT2D eigenvalue weighted by Crippen LogP contribution is 1.96. The third-order valence-corrected chi connectivity index (χ3v) is 3.29. The number of aromatic nitrogens is 2. The molecule has 21 heavy (non-hydrogen) atoms. The first-order valence-electron chi connectivity index (χ1n) is 7.27. The lowest BCUT2D eigenvalue weighted by atomic mass is 10.2. The molecule has 0 bridgehead atoms. The molecule has 0 saturated carbocycles. The molecule has 0 aliphatic heterocycles. The van der Waals surface area contributed by atoms with E-state index < -0.39 is 0 Å². The fraction of sp³-hybridized carbons (Fsp3) is 0.375. The lowest BCUT2D eigenvalue weighted by Gasteiger charge is -2.09. The molecular weight excluding hydrogens is 266 g/mol. The molecular formula is C16H21N3O2. The molecule has 1 aromatic carbocycles. The lowest BCUT2D eigenvalue weighted by Crippen LogP contribution is -2.41. The van der Waals surface area contributed by atoms with Crippen molar-refractivity contribution >= 4 is 0 Å². The van der Waals surface area contributed by atoms with E-state index in [4.69, 9.17) is 0 Å². The Labute approximate surface area is 123 Å². The Kier molecular flexibility index (Phi) is 5.51. The molecule has 2 rings (SSSR count). The highest BCUT2D eigenvalue weighted by molar-refractivity contribution is 5.14. The molecule has 1 aromatic heterocycles. The number of rotatable bonds is 7. The molecule has 5 heteroatoms. The van der Waals surface area contributed by atoms with Crippen LogP contribution < -0.4 is 16.6 Å². The Bertz CT molecular complexity index is 674. The minimum absolute atomic E-state index is 0.231. The quantitative estimate of drug-likeness (QED) is 0.779. The lowest BCUT2D eigenvalue weighted by molar-refractivity contribution is 0.520. The topological polar surface area (TPSA) is 56.0 Å². The van der Waals surface area contributed by atoms with Crippen LogP contribution in [-0.2, 0) is 19.6 Å². The van der Waals surface area contributed by atoms with Crippen molar-refractivity contribution in [2.24, 2.45) is 0 Å². The van der Waals surface area contributed by atoms with E-state index in [1.54, 1.807) is 10.8 Å². The molecule has 0 saturated heterocycles. The van der Waals surface area contributed by atoms with Gasteiger partial charge in [-0.3, -0.25) is 9.36 Å². The Morgan fingerprint density at radius 1 is 1.05 bits per heavy atom. The SMILES string of the molecule is CCCn1ccc(=O)n(CCNCc2ccccc2)c1=O. The molecule has 1 N–H and O–H groups in total. The number of nitrogens with zero attached hydrogens (tertiary/aromatic N) is 2. The second-order valence-electron chi connectivity index (χ2n) is 4.94. The monoisotopic (exact) mass is 287 g/mol. The summed E-state index contributed by atoms with van der Waals surface area (Å²) in [5.74, 6) is 0. The van der Waals surface area contributed by atoms with E-state index in [0.717, 1.165) is 13.0 Å². The maximum atomic E-state index is 12.1. The first-order valence-corrected chi connectivity index (χ1v) is 7.27. The summed E-state index contributed by atoms with van der Waals surface area (Å²) in [5.41, 5.74) is 0.709. The third-order valence-electron chi connectivity index (χ3n) is 3.29. The van der Waals surface area contributed by atoms with E-state index in [-0.39, 0.29) is 11.2 Å². The Balaban J connectivity index is 1.95. The van der Waals surface area contributed by atoms with Crippen LogP contribution in [0.3, 0.4) is 0 Å². The fourth-order valence-electron chi connectivity index (χ4n) is 2.19. The smallest absolute Gasteiger partial charge is 0.311 e. The average Bonchev–Trinajstić information content (AvgIpc) is 2.50. The van der Waals surface area contributed by atoms with Gasteiger partial charge in [0.05, 0.1) is 0 Å². The van der Waals surface area contributed by atoms with E-state index in [0.29, 0.717) is 19.6 Å². The number of aryl methyl sites for hydroxylation is 1. The zero-order valence-electron chi connectivity index (χ0n) is 12.3. The number of nitrogens with one attached hydrogen (secondary N) is 1. The van der Waals surface area contributed by atoms with Crippen LogP contribution >= 0.6 is 0 Å². The summed E-state index contributed by atoms with van der Waals surface area (Å²) in [6.07, 6.45) is 2.44. The molecule has 0 fully saturated rings. The molecule has 0 unspecified atom stereocenters. The van der Waals surface area contributed by atoms with Crippen molar-refractivity contribution in [3.8, 4) is 0 Å². The molecule has 0 spiro atoms. The van der Waals surface area contributed by atoms with Gasteiger partial charge >= 0.3 is 5.69 Å². The van der Waals surface area contributed by atoms with E-state index in [9.17, 15) is 9.59 Å². The van der Waals surface area contributed by atoms with Gasteiger partial charge in [-0.15, -0.1) is 0 Å². The van der Waals surface area contributed by atoms with E-state index in [1.165, 1.54) is 16.2 Å². The van der Waals surface area contributed by atoms with Gasteiger partial charge in [0, 0.05) is 38.4 Å². The summed E-state index contributed by atoms with van der Waals surface area (Å²) in [7, 11) is 0. The Hall–Kier alpha value is -2.14. The minimum Gasteiger partial charge on any atom is -0.311 e. The van der Waals surface area contributed by atoms with E-state index >= 15 is 0 Å². The molecule has 0 aliphatic rings. The van der Waals surface area contributed by atoms with Gasteiger partial charge in [-0.2, -0.15) is 0 Å². The van der Waals surface area contributed by atoms with Crippen LogP contribution in [-0.4, -0.2) is 15.7 Å². The predicted molar refractivity (Wildman–Crippen MR) is 83.4 cm³/mol. The van der Waals surface area contributed by atoms with Crippen LogP contribution in [0.15, 0.2) is 52.2 Å². The van der Waals surface area contributed by atoms with Crippen LogP contribution in [0.4, 0.5) is 0 Å². The van der Waals surface area contributed by atoms with Gasteiger partial charge in [-0.05, 0) is 12.0 Å². The van der Waals surface area contributed by atoms with Gasteiger partial charge in [-0.1, -0.05) is 37.3 Å². The third kappa shape index (κ3) is 4.16. The highest BCUT2D eigenvalue weighted by atomic mass is 16.2. The van der Waals surface area contributed by atoms with E-state index in [1.807, 2.05) is 37.3 Å². The molecule has 5 nitrogen and oxygen atoms in total. The second-order valence-corrected chi connectivity index (χ2v) is 4.94. The molecule has 1 heterocycles. The van der Waals surface area contributed by atoms with Gasteiger partial charge in [-0.25, -0.2) is 4.79 Å². The van der Waals surface area contributed by atoms with Crippen LogP contribution in [0.5, 0.6) is 0 Å². The zero-order valence-corrected chi connectivity index (χ0v) is 12.3. The van der Waals surface area contributed by atoms with Crippen molar-refractivity contribution in [3.05, 3.63) is 69.0 Å². The summed E-state index contributed by atoms with van der Waals surface area (Å²) in [5, 5.41) is 3.25. The maximum Gasteiger partial charge on any atom is 0.331 e. The molecule has 0 atom stereocenters. The molecule has 0 radical (unpaired) electrons. The van der Waals surface area contributed by atoms with E-state index in [2.05, 4.69) is 5.32 Å². The molecule has 2 aromatic rings.